The normalized spacial score (nSPS) is 24.0. The predicted molar refractivity (Wildman–Crippen MR) is 55.3 cm³/mol. The van der Waals surface area contributed by atoms with Crippen LogP contribution in [0.15, 0.2) is 0 Å². The molecule has 2 atom stereocenters. The van der Waals surface area contributed by atoms with E-state index < -0.39 is 17.8 Å². The molecule has 0 aromatic rings. The number of hydrogen-bond acceptors (Lipinski definition) is 3. The summed E-state index contributed by atoms with van der Waals surface area (Å²) in [5, 5.41) is 11.4. The van der Waals surface area contributed by atoms with Crippen molar-refractivity contribution < 1.29 is 19.5 Å². The topological polar surface area (TPSA) is 109 Å². The third-order valence-corrected chi connectivity index (χ3v) is 2.82. The fraction of sp³-hybridized carbons (Fsp3) is 0.700. The monoisotopic (exact) mass is 228 g/mol. The highest BCUT2D eigenvalue weighted by Gasteiger charge is 2.33. The van der Waals surface area contributed by atoms with Gasteiger partial charge >= 0.3 is 5.97 Å². The molecule has 0 heterocycles. The summed E-state index contributed by atoms with van der Waals surface area (Å²) in [6.07, 6.45) is 1.64. The van der Waals surface area contributed by atoms with E-state index in [1.165, 1.54) is 0 Å². The number of hydrogen-bond donors (Lipinski definition) is 3. The van der Waals surface area contributed by atoms with Crippen molar-refractivity contribution in [3.63, 3.8) is 0 Å². The van der Waals surface area contributed by atoms with Crippen LogP contribution in [0.4, 0.5) is 0 Å². The van der Waals surface area contributed by atoms with Crippen LogP contribution in [0.2, 0.25) is 0 Å². The third-order valence-electron chi connectivity index (χ3n) is 2.82. The highest BCUT2D eigenvalue weighted by Crippen LogP contribution is 2.30. The molecule has 0 radical (unpaired) electrons. The SMILES string of the molecule is NC(=O)CCNC(=O)C1CCC(C(=O)O)C1. The lowest BCUT2D eigenvalue weighted by molar-refractivity contribution is -0.141. The fourth-order valence-electron chi connectivity index (χ4n) is 1.90. The number of aliphatic carboxylic acids is 1. The van der Waals surface area contributed by atoms with Crippen molar-refractivity contribution in [3.8, 4) is 0 Å². The number of carbonyl (C=O) groups is 3. The van der Waals surface area contributed by atoms with Crippen molar-refractivity contribution in [3.05, 3.63) is 0 Å². The first-order valence-corrected chi connectivity index (χ1v) is 5.29. The van der Waals surface area contributed by atoms with Gasteiger partial charge in [0.05, 0.1) is 5.92 Å². The third kappa shape index (κ3) is 3.52. The first-order chi connectivity index (χ1) is 7.50. The van der Waals surface area contributed by atoms with Gasteiger partial charge in [-0.05, 0) is 19.3 Å². The van der Waals surface area contributed by atoms with Gasteiger partial charge < -0.3 is 16.2 Å². The molecule has 16 heavy (non-hydrogen) atoms. The quantitative estimate of drug-likeness (QED) is 0.588. The maximum absolute atomic E-state index is 11.5. The van der Waals surface area contributed by atoms with Gasteiger partial charge in [-0.3, -0.25) is 14.4 Å². The van der Waals surface area contributed by atoms with E-state index in [4.69, 9.17) is 10.8 Å². The van der Waals surface area contributed by atoms with Gasteiger partial charge in [0.15, 0.2) is 0 Å². The Balaban J connectivity index is 2.28. The van der Waals surface area contributed by atoms with E-state index in [1.807, 2.05) is 0 Å². The predicted octanol–water partition coefficient (Wildman–Crippen LogP) is -0.521. The Labute approximate surface area is 93.2 Å². The van der Waals surface area contributed by atoms with E-state index in [1.54, 1.807) is 0 Å². The van der Waals surface area contributed by atoms with Crippen LogP contribution in [0, 0.1) is 11.8 Å². The number of primary amides is 1. The molecule has 6 nitrogen and oxygen atoms in total. The van der Waals surface area contributed by atoms with Crippen molar-refractivity contribution in [2.24, 2.45) is 17.6 Å². The molecule has 0 saturated heterocycles. The second kappa shape index (κ2) is 5.48. The van der Waals surface area contributed by atoms with E-state index in [9.17, 15) is 14.4 Å². The zero-order chi connectivity index (χ0) is 12.1. The molecule has 1 rings (SSSR count). The van der Waals surface area contributed by atoms with Crippen LogP contribution < -0.4 is 11.1 Å². The molecule has 1 saturated carbocycles. The average Bonchev–Trinajstić information content (AvgIpc) is 2.65. The molecular weight excluding hydrogens is 212 g/mol. The summed E-state index contributed by atoms with van der Waals surface area (Å²) in [4.78, 5) is 32.7. The second-order valence-corrected chi connectivity index (χ2v) is 4.05. The summed E-state index contributed by atoms with van der Waals surface area (Å²) in [6, 6.07) is 0. The zero-order valence-corrected chi connectivity index (χ0v) is 8.94. The van der Waals surface area contributed by atoms with Gasteiger partial charge in [0, 0.05) is 18.9 Å². The Morgan fingerprint density at radius 2 is 1.88 bits per heavy atom. The van der Waals surface area contributed by atoms with Gasteiger partial charge in [-0.15, -0.1) is 0 Å². The smallest absolute Gasteiger partial charge is 0.306 e. The Morgan fingerprint density at radius 3 is 2.38 bits per heavy atom. The standard InChI is InChI=1S/C10H16N2O4/c11-8(13)3-4-12-9(14)6-1-2-7(5-6)10(15)16/h6-7H,1-5H2,(H2,11,13)(H,12,14)(H,15,16). The highest BCUT2D eigenvalue weighted by atomic mass is 16.4. The van der Waals surface area contributed by atoms with Crippen LogP contribution in [0.25, 0.3) is 0 Å². The van der Waals surface area contributed by atoms with Crippen LogP contribution in [0.1, 0.15) is 25.7 Å². The maximum Gasteiger partial charge on any atom is 0.306 e. The molecule has 2 unspecified atom stereocenters. The van der Waals surface area contributed by atoms with Gasteiger partial charge in [0.1, 0.15) is 0 Å². The average molecular weight is 228 g/mol. The lowest BCUT2D eigenvalue weighted by Gasteiger charge is -2.09. The minimum absolute atomic E-state index is 0.112. The molecule has 1 aliphatic carbocycles. The lowest BCUT2D eigenvalue weighted by Crippen LogP contribution is -2.32. The van der Waals surface area contributed by atoms with Gasteiger partial charge in [-0.2, -0.15) is 0 Å². The minimum atomic E-state index is -0.840. The molecule has 6 heteroatoms. The van der Waals surface area contributed by atoms with Crippen LogP contribution >= 0.6 is 0 Å². The Kier molecular flexibility index (Phi) is 4.28. The summed E-state index contributed by atoms with van der Waals surface area (Å²) in [6.45, 7) is 0.225. The first-order valence-electron chi connectivity index (χ1n) is 5.29. The summed E-state index contributed by atoms with van der Waals surface area (Å²) < 4.78 is 0. The molecule has 90 valence electrons. The molecule has 4 N–H and O–H groups in total. The molecule has 1 aliphatic rings. The first kappa shape index (κ1) is 12.5. The molecule has 1 fully saturated rings. The van der Waals surface area contributed by atoms with E-state index in [-0.39, 0.29) is 24.8 Å². The number of amides is 2. The number of nitrogens with one attached hydrogen (secondary N) is 1. The molecule has 2 amide bonds. The van der Waals surface area contributed by atoms with Gasteiger partial charge in [0.25, 0.3) is 0 Å². The Bertz CT molecular complexity index is 303. The summed E-state index contributed by atoms with van der Waals surface area (Å²) in [7, 11) is 0. The molecule has 0 aromatic carbocycles. The maximum atomic E-state index is 11.5. The van der Waals surface area contributed by atoms with Crippen molar-refractivity contribution in [1.29, 1.82) is 0 Å². The number of carboxylic acids is 1. The van der Waals surface area contributed by atoms with Gasteiger partial charge in [-0.25, -0.2) is 0 Å². The van der Waals surface area contributed by atoms with Crippen LogP contribution in [0.5, 0.6) is 0 Å². The van der Waals surface area contributed by atoms with Crippen LogP contribution in [0.3, 0.4) is 0 Å². The Hall–Kier alpha value is -1.59. The summed E-state index contributed by atoms with van der Waals surface area (Å²) in [5.41, 5.74) is 4.93. The Morgan fingerprint density at radius 1 is 1.25 bits per heavy atom. The van der Waals surface area contributed by atoms with Crippen molar-refractivity contribution in [2.45, 2.75) is 25.7 Å². The van der Waals surface area contributed by atoms with Crippen molar-refractivity contribution >= 4 is 17.8 Å². The molecular formula is C10H16N2O4. The largest absolute Gasteiger partial charge is 0.481 e. The van der Waals surface area contributed by atoms with Crippen molar-refractivity contribution in [1.82, 2.24) is 5.32 Å². The summed E-state index contributed by atoms with van der Waals surface area (Å²) >= 11 is 0. The molecule has 0 bridgehead atoms. The fourth-order valence-corrected chi connectivity index (χ4v) is 1.90. The van der Waals surface area contributed by atoms with E-state index in [2.05, 4.69) is 5.32 Å². The number of carboxylic acid groups (broad SMARTS) is 1. The molecule has 0 aromatic heterocycles. The van der Waals surface area contributed by atoms with Crippen molar-refractivity contribution in [2.75, 3.05) is 6.54 Å². The summed E-state index contributed by atoms with van der Waals surface area (Å²) in [5.74, 6) is -2.13. The number of nitrogens with two attached hydrogens (primary N) is 1. The number of rotatable bonds is 5. The van der Waals surface area contributed by atoms with Crippen LogP contribution in [-0.2, 0) is 14.4 Å². The van der Waals surface area contributed by atoms with E-state index in [0.717, 1.165) is 0 Å². The lowest BCUT2D eigenvalue weighted by atomic mass is 10.0. The minimum Gasteiger partial charge on any atom is -0.481 e. The van der Waals surface area contributed by atoms with E-state index in [0.29, 0.717) is 19.3 Å². The highest BCUT2D eigenvalue weighted by molar-refractivity contribution is 5.81. The zero-order valence-electron chi connectivity index (χ0n) is 8.94. The molecule has 0 aliphatic heterocycles. The van der Waals surface area contributed by atoms with Crippen LogP contribution in [-0.4, -0.2) is 29.4 Å². The van der Waals surface area contributed by atoms with E-state index >= 15 is 0 Å². The second-order valence-electron chi connectivity index (χ2n) is 4.05. The number of carbonyl (C=O) groups excluding carboxylic acids is 2. The van der Waals surface area contributed by atoms with Gasteiger partial charge in [-0.1, -0.05) is 0 Å². The van der Waals surface area contributed by atoms with Gasteiger partial charge in [0.2, 0.25) is 11.8 Å². The molecule has 0 spiro atoms.